The molecule has 96 valence electrons. The van der Waals surface area contributed by atoms with Crippen LogP contribution in [0.15, 0.2) is 24.5 Å². The first kappa shape index (κ1) is 12.3. The lowest BCUT2D eigenvalue weighted by Gasteiger charge is -2.12. The zero-order valence-corrected chi connectivity index (χ0v) is 12.2. The summed E-state index contributed by atoms with van der Waals surface area (Å²) in [6, 6.07) is 5.23. The minimum Gasteiger partial charge on any atom is -0.269 e. The standard InChI is InChI=1S/C12H9IN4O2/c1-16-10(14-6-15-16)5-17-11(18)8-3-2-7(13)4-9(8)12(17)19/h2-4,6H,5H2,1H3. The first-order chi connectivity index (χ1) is 9.08. The van der Waals surface area contributed by atoms with Crippen molar-refractivity contribution in [3.63, 3.8) is 0 Å². The number of rotatable bonds is 2. The van der Waals surface area contributed by atoms with E-state index in [-0.39, 0.29) is 18.4 Å². The van der Waals surface area contributed by atoms with Crippen LogP contribution in [0, 0.1) is 3.57 Å². The lowest BCUT2D eigenvalue weighted by atomic mass is 10.1. The third-order valence-electron chi connectivity index (χ3n) is 3.04. The summed E-state index contributed by atoms with van der Waals surface area (Å²) >= 11 is 2.12. The minimum atomic E-state index is -0.278. The van der Waals surface area contributed by atoms with Crippen molar-refractivity contribution >= 4 is 34.4 Å². The van der Waals surface area contributed by atoms with E-state index in [1.807, 2.05) is 6.07 Å². The second-order valence-corrected chi connectivity index (χ2v) is 5.43. The summed E-state index contributed by atoms with van der Waals surface area (Å²) in [6.45, 7) is 0.138. The average molecular weight is 368 g/mol. The summed E-state index contributed by atoms with van der Waals surface area (Å²) in [4.78, 5) is 29.7. The van der Waals surface area contributed by atoms with Gasteiger partial charge in [0.15, 0.2) is 0 Å². The summed E-state index contributed by atoms with van der Waals surface area (Å²) in [6.07, 6.45) is 1.40. The SMILES string of the molecule is Cn1ncnc1CN1C(=O)c2ccc(I)cc2C1=O. The van der Waals surface area contributed by atoms with Gasteiger partial charge in [-0.1, -0.05) is 0 Å². The Kier molecular flexibility index (Phi) is 2.85. The molecule has 6 nitrogen and oxygen atoms in total. The molecule has 0 spiro atoms. The Bertz CT molecular complexity index is 695. The van der Waals surface area contributed by atoms with Crippen molar-refractivity contribution in [2.45, 2.75) is 6.54 Å². The van der Waals surface area contributed by atoms with Gasteiger partial charge in [-0.05, 0) is 40.8 Å². The highest BCUT2D eigenvalue weighted by Crippen LogP contribution is 2.25. The number of fused-ring (bicyclic) bond motifs is 1. The van der Waals surface area contributed by atoms with Crippen LogP contribution in [0.4, 0.5) is 0 Å². The van der Waals surface area contributed by atoms with E-state index in [0.717, 1.165) is 3.57 Å². The monoisotopic (exact) mass is 368 g/mol. The van der Waals surface area contributed by atoms with Gasteiger partial charge < -0.3 is 0 Å². The van der Waals surface area contributed by atoms with Gasteiger partial charge in [0, 0.05) is 10.6 Å². The molecule has 0 bridgehead atoms. The van der Waals surface area contributed by atoms with E-state index < -0.39 is 0 Å². The Labute approximate surface area is 122 Å². The van der Waals surface area contributed by atoms with Crippen LogP contribution in [0.2, 0.25) is 0 Å². The molecule has 0 saturated heterocycles. The predicted octanol–water partition coefficient (Wildman–Crippen LogP) is 1.22. The number of halogens is 1. The number of aryl methyl sites for hydroxylation is 1. The third-order valence-corrected chi connectivity index (χ3v) is 3.71. The number of nitrogens with zero attached hydrogens (tertiary/aromatic N) is 4. The molecule has 0 fully saturated rings. The van der Waals surface area contributed by atoms with E-state index in [1.54, 1.807) is 23.9 Å². The zero-order chi connectivity index (χ0) is 13.6. The van der Waals surface area contributed by atoms with Gasteiger partial charge in [0.25, 0.3) is 11.8 Å². The van der Waals surface area contributed by atoms with Crippen LogP contribution in [0.1, 0.15) is 26.5 Å². The Hall–Kier alpha value is -1.77. The molecule has 1 aliphatic rings. The lowest BCUT2D eigenvalue weighted by molar-refractivity contribution is 0.0637. The average Bonchev–Trinajstić information content (AvgIpc) is 2.88. The van der Waals surface area contributed by atoms with Crippen LogP contribution in [-0.4, -0.2) is 31.5 Å². The van der Waals surface area contributed by atoms with Crippen LogP contribution in [0.25, 0.3) is 0 Å². The van der Waals surface area contributed by atoms with Crippen molar-refractivity contribution in [1.29, 1.82) is 0 Å². The Balaban J connectivity index is 1.97. The van der Waals surface area contributed by atoms with Crippen LogP contribution in [-0.2, 0) is 13.6 Å². The number of hydrogen-bond donors (Lipinski definition) is 0. The van der Waals surface area contributed by atoms with Gasteiger partial charge in [0.2, 0.25) is 0 Å². The van der Waals surface area contributed by atoms with E-state index in [2.05, 4.69) is 32.7 Å². The molecular weight excluding hydrogens is 359 g/mol. The van der Waals surface area contributed by atoms with Gasteiger partial charge in [0.1, 0.15) is 12.2 Å². The van der Waals surface area contributed by atoms with Gasteiger partial charge in [-0.25, -0.2) is 4.98 Å². The zero-order valence-electron chi connectivity index (χ0n) is 10.00. The van der Waals surface area contributed by atoms with Crippen molar-refractivity contribution in [3.8, 4) is 0 Å². The molecular formula is C12H9IN4O2. The van der Waals surface area contributed by atoms with Gasteiger partial charge in [-0.3, -0.25) is 19.2 Å². The van der Waals surface area contributed by atoms with E-state index in [9.17, 15) is 9.59 Å². The molecule has 19 heavy (non-hydrogen) atoms. The highest BCUT2D eigenvalue weighted by Gasteiger charge is 2.36. The maximum Gasteiger partial charge on any atom is 0.262 e. The molecule has 0 radical (unpaired) electrons. The third kappa shape index (κ3) is 1.93. The number of carbonyl (C=O) groups excluding carboxylic acids is 2. The van der Waals surface area contributed by atoms with Crippen LogP contribution >= 0.6 is 22.6 Å². The molecule has 0 N–H and O–H groups in total. The minimum absolute atomic E-state index is 0.138. The van der Waals surface area contributed by atoms with E-state index in [4.69, 9.17) is 0 Å². The maximum absolute atomic E-state index is 12.2. The summed E-state index contributed by atoms with van der Waals surface area (Å²) in [5.41, 5.74) is 0.909. The molecule has 0 atom stereocenters. The lowest BCUT2D eigenvalue weighted by Crippen LogP contribution is -2.30. The van der Waals surface area contributed by atoms with E-state index in [1.165, 1.54) is 11.2 Å². The molecule has 2 aromatic rings. The summed E-state index contributed by atoms with van der Waals surface area (Å²) in [5.74, 6) is 0.0186. The van der Waals surface area contributed by atoms with Crippen LogP contribution in [0.5, 0.6) is 0 Å². The number of imide groups is 1. The fourth-order valence-electron chi connectivity index (χ4n) is 2.01. The smallest absolute Gasteiger partial charge is 0.262 e. The van der Waals surface area contributed by atoms with Crippen molar-refractivity contribution in [2.75, 3.05) is 0 Å². The number of benzene rings is 1. The fourth-order valence-corrected chi connectivity index (χ4v) is 2.50. The molecule has 0 saturated carbocycles. The highest BCUT2D eigenvalue weighted by atomic mass is 127. The number of aromatic nitrogens is 3. The molecule has 7 heteroatoms. The van der Waals surface area contributed by atoms with Crippen molar-refractivity contribution in [2.24, 2.45) is 7.05 Å². The second kappa shape index (κ2) is 4.41. The van der Waals surface area contributed by atoms with E-state index >= 15 is 0 Å². The molecule has 1 aromatic heterocycles. The van der Waals surface area contributed by atoms with Crippen molar-refractivity contribution in [3.05, 3.63) is 45.0 Å². The molecule has 1 aliphatic heterocycles. The van der Waals surface area contributed by atoms with E-state index in [0.29, 0.717) is 17.0 Å². The molecule has 3 rings (SSSR count). The van der Waals surface area contributed by atoms with Gasteiger partial charge in [-0.2, -0.15) is 5.10 Å². The molecule has 1 aromatic carbocycles. The van der Waals surface area contributed by atoms with Crippen LogP contribution in [0.3, 0.4) is 0 Å². The number of amides is 2. The first-order valence-electron chi connectivity index (χ1n) is 5.56. The van der Waals surface area contributed by atoms with Gasteiger partial charge in [0.05, 0.1) is 17.7 Å². The normalized spacial score (nSPS) is 14.1. The van der Waals surface area contributed by atoms with Gasteiger partial charge >= 0.3 is 0 Å². The quantitative estimate of drug-likeness (QED) is 0.591. The van der Waals surface area contributed by atoms with Crippen LogP contribution < -0.4 is 0 Å². The summed E-state index contributed by atoms with van der Waals surface area (Å²) in [5, 5.41) is 3.93. The fraction of sp³-hybridized carbons (Fsp3) is 0.167. The van der Waals surface area contributed by atoms with Gasteiger partial charge in [-0.15, -0.1) is 0 Å². The van der Waals surface area contributed by atoms with Crippen molar-refractivity contribution < 1.29 is 9.59 Å². The topological polar surface area (TPSA) is 68.1 Å². The molecule has 2 amide bonds. The molecule has 0 unspecified atom stereocenters. The molecule has 2 heterocycles. The maximum atomic E-state index is 12.2. The van der Waals surface area contributed by atoms with Crippen molar-refractivity contribution in [1.82, 2.24) is 19.7 Å². The number of hydrogen-bond acceptors (Lipinski definition) is 4. The Morgan fingerprint density at radius 2 is 1.95 bits per heavy atom. The largest absolute Gasteiger partial charge is 0.269 e. The number of carbonyl (C=O) groups is 2. The predicted molar refractivity (Wildman–Crippen MR) is 74.4 cm³/mol. The highest BCUT2D eigenvalue weighted by molar-refractivity contribution is 14.1. The molecule has 0 aliphatic carbocycles. The summed E-state index contributed by atoms with van der Waals surface area (Å²) < 4.78 is 2.48. The first-order valence-corrected chi connectivity index (χ1v) is 6.64. The second-order valence-electron chi connectivity index (χ2n) is 4.19. The summed E-state index contributed by atoms with van der Waals surface area (Å²) in [7, 11) is 1.73. The Morgan fingerprint density at radius 1 is 1.21 bits per heavy atom. The Morgan fingerprint density at radius 3 is 2.63 bits per heavy atom.